The first-order chi connectivity index (χ1) is 9.11. The van der Waals surface area contributed by atoms with E-state index in [1.165, 1.54) is 55.6 Å². The number of hydrogen-bond acceptors (Lipinski definition) is 0. The molecule has 2 heteroatoms. The van der Waals surface area contributed by atoms with Crippen LogP contribution in [-0.2, 0) is 43.4 Å². The summed E-state index contributed by atoms with van der Waals surface area (Å²) in [6.07, 6.45) is 0. The van der Waals surface area contributed by atoms with Crippen LogP contribution < -0.4 is 0 Å². The summed E-state index contributed by atoms with van der Waals surface area (Å²) in [6.45, 7) is 22.0. The Morgan fingerprint density at radius 3 is 0.500 bits per heavy atom. The van der Waals surface area contributed by atoms with Gasteiger partial charge in [-0.15, -0.1) is 0 Å². The predicted octanol–water partition coefficient (Wildman–Crippen LogP) is 8.59. The van der Waals surface area contributed by atoms with E-state index in [1.54, 1.807) is 0 Å². The average molecular weight is 456 g/mol. The Morgan fingerprint density at radius 1 is 0.357 bits per heavy atom. The topological polar surface area (TPSA) is 0 Å². The van der Waals surface area contributed by atoms with E-state index in [1.807, 2.05) is 0 Å². The zero-order valence-electron chi connectivity index (χ0n) is 22.0. The molecule has 0 unspecified atom stereocenters. The molecule has 0 N–H and O–H groups in total. The second kappa shape index (κ2) is 20.4. The van der Waals surface area contributed by atoms with Crippen LogP contribution in [0.15, 0.2) is 0 Å². The van der Waals surface area contributed by atoms with Gasteiger partial charge in [-0.3, -0.25) is 0 Å². The molecule has 2 rings (SSSR count). The molecule has 0 heterocycles. The number of rotatable bonds is 0. The van der Waals surface area contributed by atoms with Crippen LogP contribution in [0, 0.1) is 114 Å². The largest absolute Gasteiger partial charge is 4.00 e. The van der Waals surface area contributed by atoms with E-state index >= 15 is 0 Å². The van der Waals surface area contributed by atoms with Gasteiger partial charge < -0.3 is 44.6 Å². The van der Waals surface area contributed by atoms with Crippen molar-refractivity contribution >= 4 is 0 Å². The van der Waals surface area contributed by atoms with Gasteiger partial charge in [0, 0.05) is 0 Å². The van der Waals surface area contributed by atoms with Gasteiger partial charge in [0.2, 0.25) is 0 Å². The standard InChI is InChI=1S/2C10H15.6CH3.2Ti/c2*1-6-7(2)9(4)10(5)8(6)3;;;;;;;;/h2*1-5H3;6*1H3;;/q8*-1;2*+4. The molecule has 0 saturated heterocycles. The first-order valence-electron chi connectivity index (χ1n) is 7.50. The van der Waals surface area contributed by atoms with Crippen LogP contribution in [0.3, 0.4) is 0 Å². The van der Waals surface area contributed by atoms with Crippen LogP contribution in [-0.4, -0.2) is 0 Å². The summed E-state index contributed by atoms with van der Waals surface area (Å²) in [5, 5.41) is 0. The Morgan fingerprint density at radius 2 is 0.464 bits per heavy atom. The Labute approximate surface area is 211 Å². The summed E-state index contributed by atoms with van der Waals surface area (Å²) >= 11 is 0. The molecule has 160 valence electrons. The van der Waals surface area contributed by atoms with Gasteiger partial charge in [-0.25, -0.2) is 0 Å². The minimum absolute atomic E-state index is 0. The van der Waals surface area contributed by atoms with Crippen molar-refractivity contribution < 1.29 is 43.4 Å². The first-order valence-corrected chi connectivity index (χ1v) is 7.50. The van der Waals surface area contributed by atoms with Crippen LogP contribution in [0.1, 0.15) is 55.6 Å². The third-order valence-corrected chi connectivity index (χ3v) is 5.62. The molecule has 0 atom stereocenters. The van der Waals surface area contributed by atoms with E-state index in [0.29, 0.717) is 0 Å². The fraction of sp³-hybridized carbons (Fsp3) is 0.385. The van der Waals surface area contributed by atoms with E-state index < -0.39 is 0 Å². The summed E-state index contributed by atoms with van der Waals surface area (Å²) in [6, 6.07) is 0. The van der Waals surface area contributed by atoms with E-state index in [4.69, 9.17) is 0 Å². The van der Waals surface area contributed by atoms with Gasteiger partial charge in [0.15, 0.2) is 0 Å². The second-order valence-electron chi connectivity index (χ2n) is 6.25. The van der Waals surface area contributed by atoms with E-state index in [9.17, 15) is 0 Å². The molecule has 0 spiro atoms. The minimum Gasteiger partial charge on any atom is -0.358 e. The Kier molecular flexibility index (Phi) is 37.2. The van der Waals surface area contributed by atoms with Gasteiger partial charge in [-0.05, 0) is 0 Å². The molecule has 28 heavy (non-hydrogen) atoms. The SMILES string of the molecule is Cc1c(C)c(C)[c-](C)c1C.Cc1c(C)c(C)[c-](C)c1C.[CH3-].[CH3-].[CH3-].[CH3-].[CH3-].[CH3-].[Ti+4].[Ti+4]. The molecule has 0 fully saturated rings. The molecule has 0 saturated carbocycles. The summed E-state index contributed by atoms with van der Waals surface area (Å²) in [5.74, 6) is 0. The third-order valence-electron chi connectivity index (χ3n) is 5.62. The Bertz CT molecular complexity index is 409. The Hall–Kier alpha value is 0.129. The smallest absolute Gasteiger partial charge is 0.358 e. The maximum atomic E-state index is 2.20. The molecule has 0 amide bonds. The van der Waals surface area contributed by atoms with Crippen molar-refractivity contribution in [1.29, 1.82) is 0 Å². The molecular weight excluding hydrogens is 408 g/mol. The molecule has 2 aromatic rings. The van der Waals surface area contributed by atoms with E-state index in [0.717, 1.165) is 0 Å². The minimum atomic E-state index is 0. The molecule has 2 aromatic carbocycles. The average Bonchev–Trinajstić information content (AvgIpc) is 2.71. The monoisotopic (exact) mass is 456 g/mol. The first kappa shape index (κ1) is 51.1. The summed E-state index contributed by atoms with van der Waals surface area (Å²) in [5.41, 5.74) is 14.7. The van der Waals surface area contributed by atoms with Gasteiger partial charge >= 0.3 is 43.4 Å². The predicted molar refractivity (Wildman–Crippen MR) is 130 cm³/mol. The van der Waals surface area contributed by atoms with Crippen LogP contribution in [0.2, 0.25) is 0 Å². The summed E-state index contributed by atoms with van der Waals surface area (Å²) in [4.78, 5) is 0. The van der Waals surface area contributed by atoms with Crippen LogP contribution in [0.4, 0.5) is 0 Å². The van der Waals surface area contributed by atoms with Gasteiger partial charge in [0.25, 0.3) is 0 Å². The van der Waals surface area contributed by atoms with Gasteiger partial charge in [0.1, 0.15) is 0 Å². The second-order valence-corrected chi connectivity index (χ2v) is 6.25. The molecule has 0 aliphatic carbocycles. The molecule has 0 nitrogen and oxygen atoms in total. The quantitative estimate of drug-likeness (QED) is 0.275. The fourth-order valence-electron chi connectivity index (χ4n) is 2.81. The molecule has 0 bridgehead atoms. The van der Waals surface area contributed by atoms with E-state index in [2.05, 4.69) is 69.2 Å². The van der Waals surface area contributed by atoms with Crippen molar-refractivity contribution in [3.8, 4) is 0 Å². The molecule has 0 aromatic heterocycles. The summed E-state index contributed by atoms with van der Waals surface area (Å²) < 4.78 is 0. The van der Waals surface area contributed by atoms with E-state index in [-0.39, 0.29) is 88.0 Å². The zero-order valence-corrected chi connectivity index (χ0v) is 25.1. The maximum Gasteiger partial charge on any atom is 4.00 e. The van der Waals surface area contributed by atoms with Gasteiger partial charge in [-0.1, -0.05) is 69.2 Å². The van der Waals surface area contributed by atoms with Crippen LogP contribution in [0.5, 0.6) is 0 Å². The van der Waals surface area contributed by atoms with Gasteiger partial charge in [0.05, 0.1) is 0 Å². The van der Waals surface area contributed by atoms with Crippen molar-refractivity contribution in [1.82, 2.24) is 0 Å². The third kappa shape index (κ3) is 10.2. The van der Waals surface area contributed by atoms with Crippen molar-refractivity contribution in [3.63, 3.8) is 0 Å². The van der Waals surface area contributed by atoms with Crippen molar-refractivity contribution in [2.45, 2.75) is 69.2 Å². The normalized spacial score (nSPS) is 7.50. The Balaban J connectivity index is -0.0000000370. The maximum absolute atomic E-state index is 2.20. The van der Waals surface area contributed by atoms with Gasteiger partial charge in [-0.2, -0.15) is 55.6 Å². The number of hydrogen-bond donors (Lipinski definition) is 0. The molecule has 0 aliphatic heterocycles. The molecule has 0 aliphatic rings. The van der Waals surface area contributed by atoms with Crippen molar-refractivity contribution in [2.75, 3.05) is 0 Å². The van der Waals surface area contributed by atoms with Crippen LogP contribution >= 0.6 is 0 Å². The zero-order chi connectivity index (χ0) is 15.8. The van der Waals surface area contributed by atoms with Crippen molar-refractivity contribution in [3.05, 3.63) is 100 Å². The van der Waals surface area contributed by atoms with Crippen LogP contribution in [0.25, 0.3) is 0 Å². The van der Waals surface area contributed by atoms with Crippen molar-refractivity contribution in [2.24, 2.45) is 0 Å². The molecular formula is C26H48Ti2. The summed E-state index contributed by atoms with van der Waals surface area (Å²) in [7, 11) is 0. The fourth-order valence-corrected chi connectivity index (χ4v) is 2.81. The molecule has 0 radical (unpaired) electrons.